The maximum Gasteiger partial charge on any atom is 0.194 e. The molecule has 1 nitrogen and oxygen atoms in total. The summed E-state index contributed by atoms with van der Waals surface area (Å²) in [6, 6.07) is 1.70. The maximum atomic E-state index is 12.6. The predicted octanol–water partition coefficient (Wildman–Crippen LogP) is 1.80. The van der Waals surface area contributed by atoms with Gasteiger partial charge in [0.05, 0.1) is 0 Å². The van der Waals surface area contributed by atoms with Crippen LogP contribution in [0.4, 0.5) is 13.2 Å². The molecular weight excluding hydrogens is 191 g/mol. The summed E-state index contributed by atoms with van der Waals surface area (Å²) in [5, 5.41) is 0. The Labute approximate surface area is 79.7 Å². The highest BCUT2D eigenvalue weighted by Crippen LogP contribution is 2.12. The Kier molecular flexibility index (Phi) is 3.55. The summed E-state index contributed by atoms with van der Waals surface area (Å²) in [7, 11) is 0. The van der Waals surface area contributed by atoms with Crippen molar-refractivity contribution in [2.75, 3.05) is 6.54 Å². The first-order valence-electron chi connectivity index (χ1n) is 3.98. The molecule has 0 unspecified atom stereocenters. The second-order valence-corrected chi connectivity index (χ2v) is 2.59. The largest absolute Gasteiger partial charge is 0.330 e. The number of hydrogen-bond donors (Lipinski definition) is 1. The summed E-state index contributed by atoms with van der Waals surface area (Å²) in [6.45, 7) is 0.374. The first kappa shape index (κ1) is 10.6. The quantitative estimate of drug-likeness (QED) is 0.541. The SMILES string of the molecule is NCCC#Cc1cc(F)c(F)c(F)c1. The molecule has 0 atom stereocenters. The van der Waals surface area contributed by atoms with E-state index in [9.17, 15) is 13.2 Å². The summed E-state index contributed by atoms with van der Waals surface area (Å²) >= 11 is 0. The van der Waals surface area contributed by atoms with Crippen molar-refractivity contribution in [2.45, 2.75) is 6.42 Å². The van der Waals surface area contributed by atoms with E-state index in [0.717, 1.165) is 12.1 Å². The first-order valence-corrected chi connectivity index (χ1v) is 3.98. The van der Waals surface area contributed by atoms with Crippen molar-refractivity contribution >= 4 is 0 Å². The lowest BCUT2D eigenvalue weighted by molar-refractivity contribution is 0.446. The van der Waals surface area contributed by atoms with Crippen molar-refractivity contribution in [3.05, 3.63) is 35.1 Å². The molecule has 0 heterocycles. The van der Waals surface area contributed by atoms with E-state index in [2.05, 4.69) is 11.8 Å². The van der Waals surface area contributed by atoms with Gasteiger partial charge in [-0.25, -0.2) is 13.2 Å². The Balaban J connectivity index is 2.97. The highest BCUT2D eigenvalue weighted by atomic mass is 19.2. The Bertz CT molecular complexity index is 367. The van der Waals surface area contributed by atoms with Crippen LogP contribution in [-0.4, -0.2) is 6.54 Å². The van der Waals surface area contributed by atoms with Gasteiger partial charge < -0.3 is 5.73 Å². The van der Waals surface area contributed by atoms with Crippen LogP contribution < -0.4 is 5.73 Å². The number of rotatable bonds is 1. The van der Waals surface area contributed by atoms with E-state index in [1.54, 1.807) is 0 Å². The van der Waals surface area contributed by atoms with E-state index >= 15 is 0 Å². The summed E-state index contributed by atoms with van der Waals surface area (Å²) in [6.07, 6.45) is 0.431. The topological polar surface area (TPSA) is 26.0 Å². The minimum absolute atomic E-state index is 0.106. The van der Waals surface area contributed by atoms with Crippen LogP contribution in [0.3, 0.4) is 0 Å². The van der Waals surface area contributed by atoms with E-state index in [1.807, 2.05) is 0 Å². The van der Waals surface area contributed by atoms with Gasteiger partial charge in [0.1, 0.15) is 0 Å². The second kappa shape index (κ2) is 4.68. The summed E-state index contributed by atoms with van der Waals surface area (Å²) in [4.78, 5) is 0. The normalized spacial score (nSPS) is 9.43. The molecule has 0 aliphatic heterocycles. The fraction of sp³-hybridized carbons (Fsp3) is 0.200. The smallest absolute Gasteiger partial charge is 0.194 e. The molecule has 0 amide bonds. The molecule has 4 heteroatoms. The van der Waals surface area contributed by atoms with Gasteiger partial charge in [-0.2, -0.15) is 0 Å². The van der Waals surface area contributed by atoms with Crippen LogP contribution in [0.2, 0.25) is 0 Å². The lowest BCUT2D eigenvalue weighted by Crippen LogP contribution is -1.96. The molecule has 0 saturated heterocycles. The molecule has 1 rings (SSSR count). The van der Waals surface area contributed by atoms with Gasteiger partial charge in [-0.15, -0.1) is 0 Å². The van der Waals surface area contributed by atoms with Crippen molar-refractivity contribution in [3.63, 3.8) is 0 Å². The molecule has 0 aromatic heterocycles. The van der Waals surface area contributed by atoms with Gasteiger partial charge in [0.25, 0.3) is 0 Å². The summed E-state index contributed by atoms with van der Waals surface area (Å²) in [5.74, 6) is 1.13. The molecule has 1 aromatic carbocycles. The predicted molar refractivity (Wildman–Crippen MR) is 46.9 cm³/mol. The minimum Gasteiger partial charge on any atom is -0.330 e. The lowest BCUT2D eigenvalue weighted by atomic mass is 10.2. The van der Waals surface area contributed by atoms with Crippen LogP contribution in [0.25, 0.3) is 0 Å². The van der Waals surface area contributed by atoms with E-state index in [1.165, 1.54) is 0 Å². The molecule has 0 fully saturated rings. The average Bonchev–Trinajstić information content (AvgIpc) is 2.14. The molecule has 0 aliphatic carbocycles. The third-order valence-corrected chi connectivity index (χ3v) is 1.49. The molecule has 14 heavy (non-hydrogen) atoms. The molecule has 0 radical (unpaired) electrons. The Hall–Kier alpha value is -1.47. The van der Waals surface area contributed by atoms with Gasteiger partial charge in [0.15, 0.2) is 17.5 Å². The van der Waals surface area contributed by atoms with Crippen molar-refractivity contribution in [1.82, 2.24) is 0 Å². The summed E-state index contributed by atoms with van der Waals surface area (Å²) < 4.78 is 37.8. The molecular formula is C10H8F3N. The highest BCUT2D eigenvalue weighted by Gasteiger charge is 2.08. The molecule has 2 N–H and O–H groups in total. The third-order valence-electron chi connectivity index (χ3n) is 1.49. The average molecular weight is 199 g/mol. The van der Waals surface area contributed by atoms with Gasteiger partial charge in [0, 0.05) is 18.5 Å². The number of halogens is 3. The highest BCUT2D eigenvalue weighted by molar-refractivity contribution is 5.35. The van der Waals surface area contributed by atoms with E-state index in [4.69, 9.17) is 5.73 Å². The van der Waals surface area contributed by atoms with E-state index in [-0.39, 0.29) is 5.56 Å². The van der Waals surface area contributed by atoms with Crippen molar-refractivity contribution in [1.29, 1.82) is 0 Å². The molecule has 0 bridgehead atoms. The van der Waals surface area contributed by atoms with E-state index < -0.39 is 17.5 Å². The van der Waals surface area contributed by atoms with Gasteiger partial charge in [0.2, 0.25) is 0 Å². The molecule has 1 aromatic rings. The number of hydrogen-bond acceptors (Lipinski definition) is 1. The van der Waals surface area contributed by atoms with E-state index in [0.29, 0.717) is 13.0 Å². The van der Waals surface area contributed by atoms with Crippen LogP contribution in [0.5, 0.6) is 0 Å². The third kappa shape index (κ3) is 2.51. The molecule has 74 valence electrons. The van der Waals surface area contributed by atoms with Crippen LogP contribution in [0.1, 0.15) is 12.0 Å². The lowest BCUT2D eigenvalue weighted by Gasteiger charge is -1.95. The zero-order chi connectivity index (χ0) is 10.6. The monoisotopic (exact) mass is 199 g/mol. The molecule has 0 saturated carbocycles. The minimum atomic E-state index is -1.48. The van der Waals surface area contributed by atoms with Gasteiger partial charge in [-0.05, 0) is 12.1 Å². The maximum absolute atomic E-state index is 12.6. The van der Waals surface area contributed by atoms with Crippen LogP contribution >= 0.6 is 0 Å². The first-order chi connectivity index (χ1) is 6.65. The number of nitrogens with two attached hydrogens (primary N) is 1. The Morgan fingerprint density at radius 3 is 2.21 bits per heavy atom. The van der Waals surface area contributed by atoms with Crippen LogP contribution in [0.15, 0.2) is 12.1 Å². The number of benzene rings is 1. The van der Waals surface area contributed by atoms with Crippen molar-refractivity contribution in [2.24, 2.45) is 5.73 Å². The zero-order valence-corrected chi connectivity index (χ0v) is 7.28. The second-order valence-electron chi connectivity index (χ2n) is 2.59. The van der Waals surface area contributed by atoms with Gasteiger partial charge >= 0.3 is 0 Å². The zero-order valence-electron chi connectivity index (χ0n) is 7.28. The Morgan fingerprint density at radius 2 is 1.71 bits per heavy atom. The fourth-order valence-electron chi connectivity index (χ4n) is 0.864. The Morgan fingerprint density at radius 1 is 1.14 bits per heavy atom. The van der Waals surface area contributed by atoms with Crippen LogP contribution in [0, 0.1) is 29.3 Å². The summed E-state index contributed by atoms with van der Waals surface area (Å²) in [5.41, 5.74) is 5.27. The molecule has 0 aliphatic rings. The van der Waals surface area contributed by atoms with Gasteiger partial charge in [-0.1, -0.05) is 11.8 Å². The van der Waals surface area contributed by atoms with Crippen LogP contribution in [-0.2, 0) is 0 Å². The van der Waals surface area contributed by atoms with Crippen molar-refractivity contribution < 1.29 is 13.2 Å². The molecule has 0 spiro atoms. The van der Waals surface area contributed by atoms with Gasteiger partial charge in [-0.3, -0.25) is 0 Å². The van der Waals surface area contributed by atoms with Crippen molar-refractivity contribution in [3.8, 4) is 11.8 Å². The standard InChI is InChI=1S/C10H8F3N/c11-8-5-7(3-1-2-4-14)6-9(12)10(8)13/h5-6H,2,4,14H2. The fourth-order valence-corrected chi connectivity index (χ4v) is 0.864.